The highest BCUT2D eigenvalue weighted by atomic mass is 32.2. The summed E-state index contributed by atoms with van der Waals surface area (Å²) in [5.74, 6) is 0.340. The van der Waals surface area contributed by atoms with Crippen molar-refractivity contribution in [2.75, 3.05) is 20.2 Å². The van der Waals surface area contributed by atoms with Gasteiger partial charge in [0.15, 0.2) is 0 Å². The smallest absolute Gasteiger partial charge is 0.244 e. The molecule has 1 aromatic rings. The molecule has 0 aromatic heterocycles. The summed E-state index contributed by atoms with van der Waals surface area (Å²) in [6, 6.07) is 0.579. The predicted octanol–water partition coefficient (Wildman–Crippen LogP) is 0.847. The van der Waals surface area contributed by atoms with E-state index in [0.717, 1.165) is 5.56 Å². The minimum absolute atomic E-state index is 0.133. The quantitative estimate of drug-likeness (QED) is 0.801. The van der Waals surface area contributed by atoms with Gasteiger partial charge in [0.1, 0.15) is 11.8 Å². The lowest BCUT2D eigenvalue weighted by molar-refractivity contribution is -0.124. The second kappa shape index (κ2) is 7.31. The van der Waals surface area contributed by atoms with Crippen molar-refractivity contribution in [1.29, 1.82) is 0 Å². The summed E-state index contributed by atoms with van der Waals surface area (Å²) in [6.45, 7) is 7.69. The molecule has 1 aliphatic rings. The second-order valence-electron chi connectivity index (χ2n) is 6.46. The van der Waals surface area contributed by atoms with E-state index < -0.39 is 16.1 Å². The number of likely N-dealkylation sites (N-methyl/N-ethyl adjacent to an activating group) is 1. The van der Waals surface area contributed by atoms with Gasteiger partial charge in [-0.1, -0.05) is 0 Å². The monoisotopic (exact) mass is 369 g/mol. The fourth-order valence-electron chi connectivity index (χ4n) is 3.38. The summed E-state index contributed by atoms with van der Waals surface area (Å²) in [5.41, 5.74) is 7.96. The summed E-state index contributed by atoms with van der Waals surface area (Å²) in [7, 11) is -2.30. The second-order valence-corrected chi connectivity index (χ2v) is 8.28. The molecule has 0 radical (unpaired) electrons. The zero-order valence-corrected chi connectivity index (χ0v) is 16.2. The average Bonchev–Trinajstić information content (AvgIpc) is 2.94. The van der Waals surface area contributed by atoms with Crippen LogP contribution in [0.4, 0.5) is 0 Å². The van der Waals surface area contributed by atoms with Crippen LogP contribution in [0.15, 0.2) is 11.0 Å². The van der Waals surface area contributed by atoms with Crippen LogP contribution in [-0.2, 0) is 14.8 Å². The van der Waals surface area contributed by atoms with E-state index in [0.29, 0.717) is 29.8 Å². The number of amides is 1. The first-order chi connectivity index (χ1) is 11.6. The number of sulfonamides is 1. The summed E-state index contributed by atoms with van der Waals surface area (Å²) >= 11 is 0. The number of aryl methyl sites for hydroxylation is 1. The van der Waals surface area contributed by atoms with Gasteiger partial charge in [0.25, 0.3) is 0 Å². The third kappa shape index (κ3) is 3.51. The van der Waals surface area contributed by atoms with E-state index in [1.807, 2.05) is 6.92 Å². The first kappa shape index (κ1) is 19.7. The average molecular weight is 369 g/mol. The third-order valence-corrected chi connectivity index (χ3v) is 6.87. The molecular formula is C17H27N3O4S. The third-order valence-electron chi connectivity index (χ3n) is 4.71. The standard InChI is InChI=1S/C17H27N3O4S/c1-6-19-17(21)14-8-13(18)9-20(14)25(22,23)16-10(2)7-15(24-5)11(3)12(16)4/h7,13-14H,6,8-9,18H2,1-5H3,(H,19,21)/t13-,14-/m0/s1. The predicted molar refractivity (Wildman–Crippen MR) is 96.2 cm³/mol. The van der Waals surface area contributed by atoms with Crippen LogP contribution in [0.3, 0.4) is 0 Å². The van der Waals surface area contributed by atoms with Gasteiger partial charge in [0.05, 0.1) is 12.0 Å². The molecule has 25 heavy (non-hydrogen) atoms. The molecule has 2 atom stereocenters. The molecule has 0 unspecified atom stereocenters. The van der Waals surface area contributed by atoms with Crippen molar-refractivity contribution < 1.29 is 17.9 Å². The van der Waals surface area contributed by atoms with E-state index in [1.54, 1.807) is 33.9 Å². The number of hydrogen-bond donors (Lipinski definition) is 2. The van der Waals surface area contributed by atoms with Crippen molar-refractivity contribution in [2.24, 2.45) is 5.73 Å². The number of nitrogens with two attached hydrogens (primary N) is 1. The molecule has 0 aliphatic carbocycles. The molecule has 0 spiro atoms. The highest BCUT2D eigenvalue weighted by Crippen LogP contribution is 2.34. The van der Waals surface area contributed by atoms with Crippen LogP contribution < -0.4 is 15.8 Å². The molecule has 7 nitrogen and oxygen atoms in total. The zero-order valence-electron chi connectivity index (χ0n) is 15.4. The van der Waals surface area contributed by atoms with Crippen LogP contribution in [0.5, 0.6) is 5.75 Å². The Morgan fingerprint density at radius 3 is 2.56 bits per heavy atom. The number of carbonyl (C=O) groups is 1. The van der Waals surface area contributed by atoms with Crippen molar-refractivity contribution in [3.63, 3.8) is 0 Å². The van der Waals surface area contributed by atoms with Crippen molar-refractivity contribution in [1.82, 2.24) is 9.62 Å². The number of methoxy groups -OCH3 is 1. The van der Waals surface area contributed by atoms with Gasteiger partial charge in [0.2, 0.25) is 15.9 Å². The van der Waals surface area contributed by atoms with Gasteiger partial charge in [-0.2, -0.15) is 4.31 Å². The van der Waals surface area contributed by atoms with Crippen LogP contribution in [0.1, 0.15) is 30.0 Å². The highest BCUT2D eigenvalue weighted by Gasteiger charge is 2.43. The molecule has 1 aliphatic heterocycles. The van der Waals surface area contributed by atoms with E-state index in [4.69, 9.17) is 10.5 Å². The number of benzene rings is 1. The maximum absolute atomic E-state index is 13.3. The van der Waals surface area contributed by atoms with Gasteiger partial charge in [-0.05, 0) is 56.9 Å². The van der Waals surface area contributed by atoms with E-state index >= 15 is 0 Å². The van der Waals surface area contributed by atoms with Crippen molar-refractivity contribution >= 4 is 15.9 Å². The topological polar surface area (TPSA) is 102 Å². The summed E-state index contributed by atoms with van der Waals surface area (Å²) in [4.78, 5) is 12.6. The molecule has 1 aromatic carbocycles. The number of carbonyl (C=O) groups excluding carboxylic acids is 1. The lowest BCUT2D eigenvalue weighted by atomic mass is 10.1. The number of ether oxygens (including phenoxy) is 1. The van der Waals surface area contributed by atoms with E-state index in [-0.39, 0.29) is 23.4 Å². The Hall–Kier alpha value is -1.64. The van der Waals surface area contributed by atoms with Crippen LogP contribution >= 0.6 is 0 Å². The molecule has 8 heteroatoms. The van der Waals surface area contributed by atoms with Gasteiger partial charge in [-0.3, -0.25) is 4.79 Å². The molecule has 3 N–H and O–H groups in total. The molecular weight excluding hydrogens is 342 g/mol. The van der Waals surface area contributed by atoms with Gasteiger partial charge in [0, 0.05) is 19.1 Å². The Morgan fingerprint density at radius 2 is 2.00 bits per heavy atom. The fourth-order valence-corrected chi connectivity index (χ4v) is 5.53. The Bertz CT molecular complexity index is 777. The minimum atomic E-state index is -3.86. The van der Waals surface area contributed by atoms with Gasteiger partial charge >= 0.3 is 0 Å². The molecule has 1 fully saturated rings. The fraction of sp³-hybridized carbons (Fsp3) is 0.588. The normalized spacial score (nSPS) is 21.4. The molecule has 0 bridgehead atoms. The maximum atomic E-state index is 13.3. The Balaban J connectivity index is 2.54. The zero-order chi connectivity index (χ0) is 18.9. The Kier molecular flexibility index (Phi) is 5.75. The van der Waals surface area contributed by atoms with Crippen LogP contribution in [0.2, 0.25) is 0 Å². The summed E-state index contributed by atoms with van der Waals surface area (Å²) in [5, 5.41) is 2.70. The molecule has 140 valence electrons. The first-order valence-electron chi connectivity index (χ1n) is 8.35. The molecule has 2 rings (SSSR count). The number of hydrogen-bond acceptors (Lipinski definition) is 5. The highest BCUT2D eigenvalue weighted by molar-refractivity contribution is 7.89. The lowest BCUT2D eigenvalue weighted by Gasteiger charge is -2.26. The first-order valence-corrected chi connectivity index (χ1v) is 9.79. The van der Waals surface area contributed by atoms with Gasteiger partial charge < -0.3 is 15.8 Å². The number of rotatable bonds is 5. The van der Waals surface area contributed by atoms with E-state index in [1.165, 1.54) is 4.31 Å². The number of nitrogens with one attached hydrogen (secondary N) is 1. The lowest BCUT2D eigenvalue weighted by Crippen LogP contribution is -2.46. The Morgan fingerprint density at radius 1 is 1.36 bits per heavy atom. The van der Waals surface area contributed by atoms with Crippen LogP contribution in [0.25, 0.3) is 0 Å². The molecule has 1 amide bonds. The van der Waals surface area contributed by atoms with E-state index in [2.05, 4.69) is 5.32 Å². The van der Waals surface area contributed by atoms with Gasteiger partial charge in [-0.15, -0.1) is 0 Å². The van der Waals surface area contributed by atoms with Crippen molar-refractivity contribution in [3.05, 3.63) is 22.8 Å². The molecule has 0 saturated carbocycles. The van der Waals surface area contributed by atoms with Crippen molar-refractivity contribution in [3.8, 4) is 5.75 Å². The van der Waals surface area contributed by atoms with Crippen LogP contribution in [-0.4, -0.2) is 50.9 Å². The minimum Gasteiger partial charge on any atom is -0.496 e. The maximum Gasteiger partial charge on any atom is 0.244 e. The van der Waals surface area contributed by atoms with E-state index in [9.17, 15) is 13.2 Å². The summed E-state index contributed by atoms with van der Waals surface area (Å²) < 4.78 is 33.2. The van der Waals surface area contributed by atoms with Gasteiger partial charge in [-0.25, -0.2) is 8.42 Å². The SMILES string of the molecule is CCNC(=O)[C@@H]1C[C@H](N)CN1S(=O)(=O)c1c(C)cc(OC)c(C)c1C. The molecule has 1 heterocycles. The van der Waals surface area contributed by atoms with Crippen LogP contribution in [0, 0.1) is 20.8 Å². The summed E-state index contributed by atoms with van der Waals surface area (Å²) in [6.07, 6.45) is 0.318. The largest absolute Gasteiger partial charge is 0.496 e. The Labute approximate surface area is 149 Å². The molecule has 1 saturated heterocycles. The van der Waals surface area contributed by atoms with Crippen molar-refractivity contribution in [2.45, 2.75) is 51.1 Å². The number of nitrogens with zero attached hydrogens (tertiary/aromatic N) is 1.